The van der Waals surface area contributed by atoms with Crippen molar-refractivity contribution < 1.29 is 29.2 Å². The highest BCUT2D eigenvalue weighted by molar-refractivity contribution is 5.90. The van der Waals surface area contributed by atoms with Gasteiger partial charge in [-0.2, -0.15) is 4.91 Å². The van der Waals surface area contributed by atoms with E-state index in [1.54, 1.807) is 0 Å². The third-order valence-corrected chi connectivity index (χ3v) is 10.2. The molecule has 3 aliphatic heterocycles. The number of carbonyl (C=O) groups excluding carboxylic acids is 1. The lowest BCUT2D eigenvalue weighted by Crippen LogP contribution is -2.33. The first kappa shape index (κ1) is 38.1. The van der Waals surface area contributed by atoms with Crippen LogP contribution in [0.3, 0.4) is 0 Å². The SMILES string of the molecule is CCCCCCC(CCC[C@H](O)[C@H]1CC[C@H]([C@H]2CC[C@H]([C@H](O)CCCCCCCCCCCCC3=C[C@H](C)OC3=O)O2)O1)N=O. The lowest BCUT2D eigenvalue weighted by Gasteiger charge is -2.24. The van der Waals surface area contributed by atoms with Crippen LogP contribution in [0.1, 0.15) is 168 Å². The number of esters is 1. The molecule has 0 aromatic heterocycles. The summed E-state index contributed by atoms with van der Waals surface area (Å²) in [6.07, 6.45) is 25.5. The summed E-state index contributed by atoms with van der Waals surface area (Å²) >= 11 is 0. The average molecular weight is 636 g/mol. The Labute approximate surface area is 273 Å². The van der Waals surface area contributed by atoms with E-state index in [0.29, 0.717) is 6.42 Å². The van der Waals surface area contributed by atoms with Crippen LogP contribution in [0.25, 0.3) is 0 Å². The Morgan fingerprint density at radius 2 is 1.20 bits per heavy atom. The van der Waals surface area contributed by atoms with Gasteiger partial charge in [0.1, 0.15) is 6.10 Å². The van der Waals surface area contributed by atoms with E-state index >= 15 is 0 Å². The Morgan fingerprint density at radius 3 is 1.73 bits per heavy atom. The van der Waals surface area contributed by atoms with E-state index in [4.69, 9.17) is 14.2 Å². The predicted molar refractivity (Wildman–Crippen MR) is 179 cm³/mol. The molecule has 8 heteroatoms. The van der Waals surface area contributed by atoms with Crippen LogP contribution in [0.15, 0.2) is 16.8 Å². The van der Waals surface area contributed by atoms with Crippen molar-refractivity contribution in [2.75, 3.05) is 0 Å². The van der Waals surface area contributed by atoms with Crippen molar-refractivity contribution in [2.24, 2.45) is 5.18 Å². The lowest BCUT2D eigenvalue weighted by atomic mass is 9.99. The number of hydrogen-bond acceptors (Lipinski definition) is 8. The Hall–Kier alpha value is -1.35. The van der Waals surface area contributed by atoms with Crippen LogP contribution in [0.2, 0.25) is 0 Å². The number of nitroso groups, excluding NO2 is 1. The standard InChI is InChI=1S/C37H65NO7/c1-3-4-5-15-19-30(38-42)20-17-22-32(40)34-24-26-36(45-34)35-25-23-33(44-35)31(39)21-16-13-11-9-7-6-8-10-12-14-18-29-27-28(2)43-37(29)41/h27-28,30-36,39-40H,3-26H2,1-2H3/t28-,30?,31+,32-,33+,34+,35+,36+/m0/s1. The van der Waals surface area contributed by atoms with Gasteiger partial charge in [-0.05, 0) is 83.6 Å². The summed E-state index contributed by atoms with van der Waals surface area (Å²) in [5.41, 5.74) is 0.860. The topological polar surface area (TPSA) is 115 Å². The van der Waals surface area contributed by atoms with Crippen LogP contribution >= 0.6 is 0 Å². The number of hydrogen-bond donors (Lipinski definition) is 2. The van der Waals surface area contributed by atoms with Crippen molar-refractivity contribution in [2.45, 2.75) is 217 Å². The van der Waals surface area contributed by atoms with Gasteiger partial charge in [0.25, 0.3) is 0 Å². The number of nitrogens with zero attached hydrogens (tertiary/aromatic N) is 1. The fraction of sp³-hybridized carbons (Fsp3) is 0.919. The zero-order chi connectivity index (χ0) is 32.3. The highest BCUT2D eigenvalue weighted by atomic mass is 16.6. The largest absolute Gasteiger partial charge is 0.455 e. The van der Waals surface area contributed by atoms with Gasteiger partial charge in [0.15, 0.2) is 0 Å². The molecule has 2 fully saturated rings. The van der Waals surface area contributed by atoms with E-state index in [1.165, 1.54) is 57.8 Å². The second-order valence-electron chi connectivity index (χ2n) is 14.1. The molecule has 3 aliphatic rings. The van der Waals surface area contributed by atoms with Crippen LogP contribution in [0.5, 0.6) is 0 Å². The molecule has 3 heterocycles. The van der Waals surface area contributed by atoms with Crippen LogP contribution in [0.4, 0.5) is 0 Å². The van der Waals surface area contributed by atoms with Gasteiger partial charge in [-0.25, -0.2) is 4.79 Å². The van der Waals surface area contributed by atoms with Gasteiger partial charge in [-0.15, -0.1) is 0 Å². The lowest BCUT2D eigenvalue weighted by molar-refractivity contribution is -0.139. The zero-order valence-corrected chi connectivity index (χ0v) is 28.5. The Morgan fingerprint density at radius 1 is 0.711 bits per heavy atom. The summed E-state index contributed by atoms with van der Waals surface area (Å²) in [7, 11) is 0. The summed E-state index contributed by atoms with van der Waals surface area (Å²) in [5.74, 6) is -0.126. The smallest absolute Gasteiger partial charge is 0.334 e. The van der Waals surface area contributed by atoms with Gasteiger partial charge >= 0.3 is 5.97 Å². The molecular weight excluding hydrogens is 570 g/mol. The summed E-state index contributed by atoms with van der Waals surface area (Å²) in [5, 5.41) is 24.8. The first-order valence-electron chi connectivity index (χ1n) is 18.8. The quantitative estimate of drug-likeness (QED) is 0.0555. The van der Waals surface area contributed by atoms with Crippen LogP contribution < -0.4 is 0 Å². The molecule has 45 heavy (non-hydrogen) atoms. The maximum atomic E-state index is 11.6. The predicted octanol–water partition coefficient (Wildman–Crippen LogP) is 8.63. The summed E-state index contributed by atoms with van der Waals surface area (Å²) in [6.45, 7) is 4.09. The molecule has 0 aliphatic carbocycles. The van der Waals surface area contributed by atoms with Crippen molar-refractivity contribution >= 4 is 5.97 Å². The molecule has 0 spiro atoms. The molecule has 8 atom stereocenters. The normalized spacial score (nSPS) is 27.0. The van der Waals surface area contributed by atoms with Gasteiger partial charge in [0, 0.05) is 5.57 Å². The van der Waals surface area contributed by atoms with Crippen LogP contribution in [0, 0.1) is 4.91 Å². The van der Waals surface area contributed by atoms with E-state index in [1.807, 2.05) is 13.0 Å². The molecule has 0 bridgehead atoms. The number of cyclic esters (lactones) is 1. The van der Waals surface area contributed by atoms with Gasteiger partial charge in [-0.1, -0.05) is 95.6 Å². The minimum Gasteiger partial charge on any atom is -0.455 e. The van der Waals surface area contributed by atoms with Crippen molar-refractivity contribution in [3.05, 3.63) is 16.6 Å². The van der Waals surface area contributed by atoms with Gasteiger partial charge in [0.05, 0.1) is 42.7 Å². The van der Waals surface area contributed by atoms with Gasteiger partial charge in [0.2, 0.25) is 0 Å². The van der Waals surface area contributed by atoms with E-state index in [-0.39, 0.29) is 42.5 Å². The molecule has 0 saturated carbocycles. The Balaban J connectivity index is 1.14. The maximum Gasteiger partial charge on any atom is 0.334 e. The summed E-state index contributed by atoms with van der Waals surface area (Å²) < 4.78 is 17.7. The van der Waals surface area contributed by atoms with Crippen LogP contribution in [-0.2, 0) is 19.0 Å². The number of unbranched alkanes of at least 4 members (excludes halogenated alkanes) is 12. The molecule has 260 valence electrons. The minimum atomic E-state index is -0.511. The second kappa shape index (κ2) is 22.3. The van der Waals surface area contributed by atoms with Crippen molar-refractivity contribution in [1.29, 1.82) is 0 Å². The number of ether oxygens (including phenoxy) is 3. The average Bonchev–Trinajstić information content (AvgIpc) is 3.79. The highest BCUT2D eigenvalue weighted by Gasteiger charge is 2.40. The molecule has 3 rings (SSSR count). The molecule has 0 aromatic carbocycles. The summed E-state index contributed by atoms with van der Waals surface area (Å²) in [6, 6.07) is -0.131. The molecule has 0 amide bonds. The third kappa shape index (κ3) is 14.5. The molecule has 0 aromatic rings. The minimum absolute atomic E-state index is 0.00267. The monoisotopic (exact) mass is 635 g/mol. The first-order chi connectivity index (χ1) is 21.9. The molecule has 1 unspecified atom stereocenters. The zero-order valence-electron chi connectivity index (χ0n) is 28.5. The van der Waals surface area contributed by atoms with E-state index < -0.39 is 12.2 Å². The number of aliphatic hydroxyl groups is 2. The Bertz CT molecular complexity index is 851. The molecular formula is C37H65NO7. The summed E-state index contributed by atoms with van der Waals surface area (Å²) in [4.78, 5) is 22.8. The number of aliphatic hydroxyl groups excluding tert-OH is 2. The molecule has 0 radical (unpaired) electrons. The maximum absolute atomic E-state index is 11.6. The Kier molecular flexibility index (Phi) is 18.8. The fourth-order valence-electron chi connectivity index (χ4n) is 7.38. The third-order valence-electron chi connectivity index (χ3n) is 10.2. The highest BCUT2D eigenvalue weighted by Crippen LogP contribution is 2.35. The second-order valence-corrected chi connectivity index (χ2v) is 14.1. The van der Waals surface area contributed by atoms with Crippen molar-refractivity contribution in [3.8, 4) is 0 Å². The fourth-order valence-corrected chi connectivity index (χ4v) is 7.38. The molecule has 8 nitrogen and oxygen atoms in total. The molecule has 2 saturated heterocycles. The molecule has 2 N–H and O–H groups in total. The van der Waals surface area contributed by atoms with E-state index in [0.717, 1.165) is 95.5 Å². The van der Waals surface area contributed by atoms with Gasteiger partial charge < -0.3 is 24.4 Å². The van der Waals surface area contributed by atoms with E-state index in [2.05, 4.69) is 12.1 Å². The number of rotatable bonds is 26. The van der Waals surface area contributed by atoms with Gasteiger partial charge in [-0.3, -0.25) is 0 Å². The van der Waals surface area contributed by atoms with Crippen molar-refractivity contribution in [1.82, 2.24) is 0 Å². The van der Waals surface area contributed by atoms with Crippen LogP contribution in [-0.4, -0.2) is 65.0 Å². The first-order valence-corrected chi connectivity index (χ1v) is 18.8. The number of carbonyl (C=O) groups is 1. The van der Waals surface area contributed by atoms with E-state index in [9.17, 15) is 19.9 Å². The van der Waals surface area contributed by atoms with Crippen molar-refractivity contribution in [3.63, 3.8) is 0 Å².